The molecule has 2 aliphatic rings. The number of benzene rings is 1. The van der Waals surface area contributed by atoms with Crippen molar-refractivity contribution in [2.24, 2.45) is 0 Å². The van der Waals surface area contributed by atoms with E-state index in [4.69, 9.17) is 14.7 Å². The molecule has 42 heavy (non-hydrogen) atoms. The molecule has 0 bridgehead atoms. The summed E-state index contributed by atoms with van der Waals surface area (Å²) in [5.74, 6) is 2.18. The van der Waals surface area contributed by atoms with E-state index in [9.17, 15) is 0 Å². The first-order chi connectivity index (χ1) is 20.6. The number of pyridine rings is 1. The van der Waals surface area contributed by atoms with E-state index in [1.807, 2.05) is 24.7 Å². The molecule has 2 fully saturated rings. The van der Waals surface area contributed by atoms with Gasteiger partial charge in [0.25, 0.3) is 0 Å². The molecule has 7 rings (SSSR count). The number of ether oxygens (including phenoxy) is 1. The van der Waals surface area contributed by atoms with Crippen molar-refractivity contribution in [2.45, 2.75) is 25.5 Å². The topological polar surface area (TPSA) is 111 Å². The fraction of sp³-hybridized carbons (Fsp3) is 0.387. The molecule has 11 heteroatoms. The Bertz CT molecular complexity index is 1670. The van der Waals surface area contributed by atoms with Gasteiger partial charge in [0, 0.05) is 75.4 Å². The number of piperazine rings is 1. The fourth-order valence-corrected chi connectivity index (χ4v) is 5.65. The lowest BCUT2D eigenvalue weighted by Crippen LogP contribution is -2.44. The van der Waals surface area contributed by atoms with Crippen LogP contribution in [-0.4, -0.2) is 99.2 Å². The number of rotatable bonds is 7. The first-order valence-corrected chi connectivity index (χ1v) is 14.7. The summed E-state index contributed by atoms with van der Waals surface area (Å²) in [6.45, 7) is 6.82. The van der Waals surface area contributed by atoms with Gasteiger partial charge in [0.1, 0.15) is 17.6 Å². The average molecular weight is 565 g/mol. The smallest absolute Gasteiger partial charge is 0.233 e. The molecule has 0 saturated carbocycles. The van der Waals surface area contributed by atoms with Crippen molar-refractivity contribution in [3.05, 3.63) is 60.7 Å². The number of hydrogen-bond donors (Lipinski definition) is 2. The maximum Gasteiger partial charge on any atom is 0.233 e. The Labute approximate surface area is 245 Å². The zero-order valence-corrected chi connectivity index (χ0v) is 24.1. The number of piperidine rings is 1. The Morgan fingerprint density at radius 1 is 0.857 bits per heavy atom. The maximum atomic E-state index is 6.18. The molecule has 216 valence electrons. The third kappa shape index (κ3) is 5.70. The molecule has 0 spiro atoms. The number of hydrogen-bond acceptors (Lipinski definition) is 10. The van der Waals surface area contributed by atoms with Gasteiger partial charge in [0.15, 0.2) is 0 Å². The third-order valence-electron chi connectivity index (χ3n) is 8.30. The number of H-pyrrole nitrogens is 1. The van der Waals surface area contributed by atoms with Crippen molar-refractivity contribution < 1.29 is 4.74 Å². The van der Waals surface area contributed by atoms with E-state index in [1.54, 1.807) is 6.20 Å². The minimum absolute atomic E-state index is 0.183. The molecule has 4 aromatic heterocycles. The summed E-state index contributed by atoms with van der Waals surface area (Å²) >= 11 is 0. The van der Waals surface area contributed by atoms with Crippen LogP contribution in [0.25, 0.3) is 33.2 Å². The molecule has 0 aliphatic carbocycles. The zero-order valence-electron chi connectivity index (χ0n) is 24.1. The van der Waals surface area contributed by atoms with Crippen molar-refractivity contribution in [3.8, 4) is 17.0 Å². The normalized spacial score (nSPS) is 17.2. The Morgan fingerprint density at radius 3 is 2.50 bits per heavy atom. The summed E-state index contributed by atoms with van der Waals surface area (Å²) in [6.07, 6.45) is 9.68. The summed E-state index contributed by atoms with van der Waals surface area (Å²) in [6, 6.07) is 10.3. The Balaban J connectivity index is 1.03. The van der Waals surface area contributed by atoms with E-state index >= 15 is 0 Å². The van der Waals surface area contributed by atoms with E-state index in [1.165, 1.54) is 0 Å². The molecule has 11 nitrogen and oxygen atoms in total. The number of aromatic amines is 1. The van der Waals surface area contributed by atoms with Gasteiger partial charge in [-0.2, -0.15) is 4.98 Å². The Kier molecular flexibility index (Phi) is 7.27. The number of anilines is 2. The lowest BCUT2D eigenvalue weighted by Gasteiger charge is -2.33. The second kappa shape index (κ2) is 11.5. The van der Waals surface area contributed by atoms with Gasteiger partial charge in [0.05, 0.1) is 17.2 Å². The van der Waals surface area contributed by atoms with Crippen LogP contribution in [0.4, 0.5) is 11.8 Å². The first kappa shape index (κ1) is 26.5. The van der Waals surface area contributed by atoms with Gasteiger partial charge in [0.2, 0.25) is 11.8 Å². The van der Waals surface area contributed by atoms with Crippen molar-refractivity contribution >= 4 is 33.8 Å². The van der Waals surface area contributed by atoms with Crippen molar-refractivity contribution in [2.75, 3.05) is 63.6 Å². The van der Waals surface area contributed by atoms with Gasteiger partial charge in [-0.05, 0) is 56.3 Å². The number of nitrogens with one attached hydrogen (secondary N) is 2. The average Bonchev–Trinajstić information content (AvgIpc) is 3.45. The van der Waals surface area contributed by atoms with Crippen molar-refractivity contribution in [3.63, 3.8) is 0 Å². The molecule has 5 aromatic rings. The van der Waals surface area contributed by atoms with E-state index in [2.05, 4.69) is 78.3 Å². The second-order valence-corrected chi connectivity index (χ2v) is 11.4. The van der Waals surface area contributed by atoms with Crippen LogP contribution in [0.5, 0.6) is 5.88 Å². The summed E-state index contributed by atoms with van der Waals surface area (Å²) in [4.78, 5) is 33.7. The number of aromatic nitrogens is 6. The van der Waals surface area contributed by atoms with Crippen LogP contribution in [0.1, 0.15) is 18.4 Å². The lowest BCUT2D eigenvalue weighted by molar-refractivity contribution is 0.110. The van der Waals surface area contributed by atoms with Crippen LogP contribution < -0.4 is 15.0 Å². The predicted molar refractivity (Wildman–Crippen MR) is 165 cm³/mol. The standard InChI is InChI=1S/C31H36N10O/c1-39-9-7-23(8-10-39)42-29-20-32-26-5-4-22(15-27(26)37-29)24-18-34-30-25(24)19-36-31(38-30)35-17-21-3-6-28(33-16-21)41-13-11-40(2)12-14-41/h3-6,15-16,18-20,23H,7-14,17H2,1-2H3,(H2,34,35,36,38). The van der Waals surface area contributed by atoms with Gasteiger partial charge < -0.3 is 29.7 Å². The summed E-state index contributed by atoms with van der Waals surface area (Å²) in [5.41, 5.74) is 5.54. The number of likely N-dealkylation sites (tertiary alicyclic amines) is 1. The molecule has 0 amide bonds. The molecule has 1 aromatic carbocycles. The molecular formula is C31H36N10O. The third-order valence-corrected chi connectivity index (χ3v) is 8.30. The van der Waals surface area contributed by atoms with Crippen LogP contribution in [-0.2, 0) is 6.54 Å². The van der Waals surface area contributed by atoms with Crippen LogP contribution in [0.3, 0.4) is 0 Å². The Hall–Kier alpha value is -4.35. The van der Waals surface area contributed by atoms with E-state index in [0.717, 1.165) is 96.7 Å². The van der Waals surface area contributed by atoms with Crippen molar-refractivity contribution in [1.82, 2.24) is 39.7 Å². The highest BCUT2D eigenvalue weighted by Gasteiger charge is 2.19. The molecule has 0 radical (unpaired) electrons. The zero-order chi connectivity index (χ0) is 28.5. The summed E-state index contributed by atoms with van der Waals surface area (Å²) in [5, 5.41) is 4.28. The molecule has 6 heterocycles. The SMILES string of the molecule is CN1CCC(Oc2cnc3ccc(-c4c[nH]c5nc(NCc6ccc(N7CCN(C)CC7)nc6)ncc45)cc3n2)CC1. The maximum absolute atomic E-state index is 6.18. The predicted octanol–water partition coefficient (Wildman–Crippen LogP) is 3.80. The summed E-state index contributed by atoms with van der Waals surface area (Å²) < 4.78 is 6.18. The van der Waals surface area contributed by atoms with Gasteiger partial charge in [-0.1, -0.05) is 12.1 Å². The molecule has 0 atom stereocenters. The van der Waals surface area contributed by atoms with Crippen LogP contribution >= 0.6 is 0 Å². The first-order valence-electron chi connectivity index (χ1n) is 14.7. The molecule has 0 unspecified atom stereocenters. The molecule has 2 saturated heterocycles. The number of likely N-dealkylation sites (N-methyl/N-ethyl adjacent to an activating group) is 1. The molecule has 2 aliphatic heterocycles. The van der Waals surface area contributed by atoms with Crippen LogP contribution in [0.15, 0.2) is 55.1 Å². The molecular weight excluding hydrogens is 528 g/mol. The van der Waals surface area contributed by atoms with E-state index in [0.29, 0.717) is 18.4 Å². The highest BCUT2D eigenvalue weighted by Crippen LogP contribution is 2.30. The van der Waals surface area contributed by atoms with Gasteiger partial charge in [-0.3, -0.25) is 0 Å². The number of nitrogens with zero attached hydrogens (tertiary/aromatic N) is 8. The largest absolute Gasteiger partial charge is 0.473 e. The second-order valence-electron chi connectivity index (χ2n) is 11.4. The Morgan fingerprint density at radius 2 is 1.69 bits per heavy atom. The van der Waals surface area contributed by atoms with Gasteiger partial charge in [-0.15, -0.1) is 0 Å². The minimum atomic E-state index is 0.183. The van der Waals surface area contributed by atoms with Gasteiger partial charge >= 0.3 is 0 Å². The highest BCUT2D eigenvalue weighted by atomic mass is 16.5. The quantitative estimate of drug-likeness (QED) is 0.303. The highest BCUT2D eigenvalue weighted by molar-refractivity contribution is 5.95. The van der Waals surface area contributed by atoms with Gasteiger partial charge in [-0.25, -0.2) is 19.9 Å². The van der Waals surface area contributed by atoms with Crippen molar-refractivity contribution in [1.29, 1.82) is 0 Å². The van der Waals surface area contributed by atoms with E-state index < -0.39 is 0 Å². The minimum Gasteiger partial charge on any atom is -0.473 e. The monoisotopic (exact) mass is 564 g/mol. The molecule has 2 N–H and O–H groups in total. The van der Waals surface area contributed by atoms with Crippen LogP contribution in [0, 0.1) is 0 Å². The number of fused-ring (bicyclic) bond motifs is 2. The van der Waals surface area contributed by atoms with E-state index in [-0.39, 0.29) is 6.10 Å². The summed E-state index contributed by atoms with van der Waals surface area (Å²) in [7, 11) is 4.31. The lowest BCUT2D eigenvalue weighted by atomic mass is 10.1. The fourth-order valence-electron chi connectivity index (χ4n) is 5.65. The van der Waals surface area contributed by atoms with Crippen LogP contribution in [0.2, 0.25) is 0 Å².